The van der Waals surface area contributed by atoms with E-state index < -0.39 is 0 Å². The summed E-state index contributed by atoms with van der Waals surface area (Å²) in [7, 11) is 1.91. The van der Waals surface area contributed by atoms with E-state index in [-0.39, 0.29) is 18.3 Å². The summed E-state index contributed by atoms with van der Waals surface area (Å²) < 4.78 is 12.0. The van der Waals surface area contributed by atoms with Crippen molar-refractivity contribution >= 4 is 13.2 Å². The molecule has 2 aliphatic heterocycles. The summed E-state index contributed by atoms with van der Waals surface area (Å²) in [5.41, 5.74) is 1.98. The van der Waals surface area contributed by atoms with Gasteiger partial charge in [0.05, 0.1) is 11.2 Å². The molecule has 0 bridgehead atoms. The number of hydrogen-bond donors (Lipinski definition) is 0. The molecule has 2 saturated heterocycles. The molecule has 0 saturated carbocycles. The van der Waals surface area contributed by atoms with Crippen molar-refractivity contribution in [1.29, 1.82) is 0 Å². The highest BCUT2D eigenvalue weighted by Crippen LogP contribution is 2.37. The lowest BCUT2D eigenvalue weighted by atomic mass is 9.89. The summed E-state index contributed by atoms with van der Waals surface area (Å²) in [6.07, 6.45) is 2.09. The van der Waals surface area contributed by atoms with Crippen molar-refractivity contribution < 1.29 is 9.31 Å². The van der Waals surface area contributed by atoms with Crippen LogP contribution in [-0.2, 0) is 15.9 Å². The van der Waals surface area contributed by atoms with Crippen molar-refractivity contribution in [1.82, 2.24) is 9.80 Å². The first-order valence-electron chi connectivity index (χ1n) is 9.29. The molecule has 0 radical (unpaired) electrons. The maximum Gasteiger partial charge on any atom is 0.487 e. The molecule has 1 aromatic carbocycles. The van der Waals surface area contributed by atoms with Crippen LogP contribution in [0.15, 0.2) is 30.2 Å². The number of piperazine rings is 1. The Balaban J connectivity index is 1.54. The Morgan fingerprint density at radius 1 is 0.960 bits per heavy atom. The molecule has 0 aliphatic carbocycles. The number of benzene rings is 1. The highest BCUT2D eigenvalue weighted by molar-refractivity contribution is 6.52. The Morgan fingerprint density at radius 3 is 2.08 bits per heavy atom. The van der Waals surface area contributed by atoms with Gasteiger partial charge in [0.2, 0.25) is 0 Å². The van der Waals surface area contributed by atoms with Crippen molar-refractivity contribution in [2.45, 2.75) is 45.4 Å². The first-order valence-corrected chi connectivity index (χ1v) is 9.29. The molecule has 4 nitrogen and oxygen atoms in total. The normalized spacial score (nSPS) is 24.3. The Morgan fingerprint density at radius 2 is 1.52 bits per heavy atom. The topological polar surface area (TPSA) is 24.9 Å². The van der Waals surface area contributed by atoms with Crippen LogP contribution >= 0.6 is 0 Å². The zero-order valence-corrected chi connectivity index (χ0v) is 16.3. The van der Waals surface area contributed by atoms with Crippen LogP contribution in [0.1, 0.15) is 38.8 Å². The summed E-state index contributed by atoms with van der Waals surface area (Å²) >= 11 is 0. The van der Waals surface area contributed by atoms with Gasteiger partial charge in [-0.2, -0.15) is 0 Å². The van der Waals surface area contributed by atoms with Gasteiger partial charge in [-0.3, -0.25) is 4.90 Å². The minimum atomic E-state index is -0.283. The lowest BCUT2D eigenvalue weighted by Crippen LogP contribution is -2.43. The molecular weight excluding hydrogens is 311 g/mol. The molecule has 0 amide bonds. The third kappa shape index (κ3) is 4.53. The minimum absolute atomic E-state index is 0.282. The molecule has 0 N–H and O–H groups in total. The van der Waals surface area contributed by atoms with Crippen molar-refractivity contribution in [3.63, 3.8) is 0 Å². The standard InChI is InChI=1S/C20H31BN2O2/c1-19(2)20(3,4)25-21(24-19)11-10-17-6-8-18(9-7-17)16-23-14-12-22(5)13-15-23/h6-11H,12-16H2,1-5H3/b11-10+. The molecule has 0 aromatic heterocycles. The summed E-state index contributed by atoms with van der Waals surface area (Å²) in [5.74, 6) is 2.01. The zero-order valence-electron chi connectivity index (χ0n) is 16.3. The van der Waals surface area contributed by atoms with E-state index in [0.717, 1.165) is 32.7 Å². The van der Waals surface area contributed by atoms with E-state index in [1.54, 1.807) is 0 Å². The van der Waals surface area contributed by atoms with Crippen LogP contribution in [0.4, 0.5) is 0 Å². The highest BCUT2D eigenvalue weighted by atomic mass is 16.7. The monoisotopic (exact) mass is 342 g/mol. The van der Waals surface area contributed by atoms with Gasteiger partial charge in [0.25, 0.3) is 0 Å². The van der Waals surface area contributed by atoms with Crippen molar-refractivity contribution in [2.75, 3.05) is 33.2 Å². The first-order chi connectivity index (χ1) is 11.7. The molecule has 0 atom stereocenters. The maximum atomic E-state index is 6.00. The fourth-order valence-electron chi connectivity index (χ4n) is 3.16. The predicted octanol–water partition coefficient (Wildman–Crippen LogP) is 3.08. The van der Waals surface area contributed by atoms with Gasteiger partial charge in [0, 0.05) is 32.7 Å². The van der Waals surface area contributed by atoms with Crippen LogP contribution in [0.3, 0.4) is 0 Å². The van der Waals surface area contributed by atoms with E-state index >= 15 is 0 Å². The number of rotatable bonds is 4. The number of hydrogen-bond acceptors (Lipinski definition) is 4. The van der Waals surface area contributed by atoms with Gasteiger partial charge < -0.3 is 14.2 Å². The van der Waals surface area contributed by atoms with Gasteiger partial charge in [-0.15, -0.1) is 0 Å². The molecule has 5 heteroatoms. The lowest BCUT2D eigenvalue weighted by Gasteiger charge is -2.32. The van der Waals surface area contributed by atoms with E-state index in [1.165, 1.54) is 11.1 Å². The molecule has 2 fully saturated rings. The average molecular weight is 342 g/mol. The van der Waals surface area contributed by atoms with Gasteiger partial charge >= 0.3 is 7.12 Å². The summed E-state index contributed by atoms with van der Waals surface area (Å²) in [6, 6.07) is 8.80. The van der Waals surface area contributed by atoms with Crippen LogP contribution in [0.2, 0.25) is 0 Å². The minimum Gasteiger partial charge on any atom is -0.400 e. The molecule has 136 valence electrons. The van der Waals surface area contributed by atoms with Gasteiger partial charge in [0.1, 0.15) is 0 Å². The smallest absolute Gasteiger partial charge is 0.400 e. The summed E-state index contributed by atoms with van der Waals surface area (Å²) in [4.78, 5) is 4.91. The van der Waals surface area contributed by atoms with Crippen LogP contribution in [0.5, 0.6) is 0 Å². The van der Waals surface area contributed by atoms with E-state index in [1.807, 2.05) is 5.98 Å². The van der Waals surface area contributed by atoms with Crippen LogP contribution in [-0.4, -0.2) is 61.3 Å². The number of likely N-dealkylation sites (N-methyl/N-ethyl adjacent to an activating group) is 1. The zero-order chi connectivity index (χ0) is 18.1. The van der Waals surface area contributed by atoms with Crippen LogP contribution in [0.25, 0.3) is 6.08 Å². The van der Waals surface area contributed by atoms with Crippen LogP contribution in [0, 0.1) is 0 Å². The third-order valence-corrected chi connectivity index (χ3v) is 5.70. The number of nitrogens with zero attached hydrogens (tertiary/aromatic N) is 2. The molecular formula is C20H31BN2O2. The molecule has 2 heterocycles. The second kappa shape index (κ2) is 7.24. The van der Waals surface area contributed by atoms with E-state index in [4.69, 9.17) is 9.31 Å². The van der Waals surface area contributed by atoms with Gasteiger partial charge in [-0.25, -0.2) is 0 Å². The molecule has 0 unspecified atom stereocenters. The van der Waals surface area contributed by atoms with E-state index in [0.29, 0.717) is 0 Å². The fraction of sp³-hybridized carbons (Fsp3) is 0.600. The van der Waals surface area contributed by atoms with Crippen molar-refractivity contribution in [3.05, 3.63) is 41.4 Å². The van der Waals surface area contributed by atoms with E-state index in [2.05, 4.69) is 74.9 Å². The first kappa shape index (κ1) is 18.6. The molecule has 1 aromatic rings. The molecule has 25 heavy (non-hydrogen) atoms. The van der Waals surface area contributed by atoms with Crippen molar-refractivity contribution in [3.8, 4) is 0 Å². The lowest BCUT2D eigenvalue weighted by molar-refractivity contribution is 0.00578. The Hall–Kier alpha value is -1.14. The van der Waals surface area contributed by atoms with Crippen molar-refractivity contribution in [2.24, 2.45) is 0 Å². The van der Waals surface area contributed by atoms with Gasteiger partial charge in [0.15, 0.2) is 0 Å². The molecule has 0 spiro atoms. The molecule has 2 aliphatic rings. The van der Waals surface area contributed by atoms with Gasteiger partial charge in [-0.1, -0.05) is 36.3 Å². The largest absolute Gasteiger partial charge is 0.487 e. The maximum absolute atomic E-state index is 6.00. The summed E-state index contributed by atoms with van der Waals surface area (Å²) in [5, 5.41) is 0. The van der Waals surface area contributed by atoms with E-state index in [9.17, 15) is 0 Å². The third-order valence-electron chi connectivity index (χ3n) is 5.70. The molecule has 3 rings (SSSR count). The Labute approximate surface area is 152 Å². The average Bonchev–Trinajstić information content (AvgIpc) is 2.76. The highest BCUT2D eigenvalue weighted by Gasteiger charge is 2.49. The predicted molar refractivity (Wildman–Crippen MR) is 104 cm³/mol. The second-order valence-electron chi connectivity index (χ2n) is 8.30. The van der Waals surface area contributed by atoms with Crippen LogP contribution < -0.4 is 0 Å². The quantitative estimate of drug-likeness (QED) is 0.785. The van der Waals surface area contributed by atoms with Gasteiger partial charge in [-0.05, 0) is 45.9 Å². The summed E-state index contributed by atoms with van der Waals surface area (Å²) in [6.45, 7) is 14.0. The SMILES string of the molecule is CN1CCN(Cc2ccc(/C=C/B3OC(C)(C)C(C)(C)O3)cc2)CC1. The Kier molecular flexibility index (Phi) is 5.40. The Bertz CT molecular complexity index is 589. The second-order valence-corrected chi connectivity index (χ2v) is 8.30. The fourth-order valence-corrected chi connectivity index (χ4v) is 3.16.